The normalized spacial score (nSPS) is 14.6. The fourth-order valence-corrected chi connectivity index (χ4v) is 2.84. The number of hydrogen-bond donors (Lipinski definition) is 0. The van der Waals surface area contributed by atoms with E-state index in [2.05, 4.69) is 4.99 Å². The van der Waals surface area contributed by atoms with E-state index in [0.29, 0.717) is 11.6 Å². The highest BCUT2D eigenvalue weighted by Gasteiger charge is 2.23. The first-order valence-electron chi connectivity index (χ1n) is 9.14. The highest BCUT2D eigenvalue weighted by atomic mass is 19.1. The molecule has 1 aliphatic rings. The van der Waals surface area contributed by atoms with E-state index in [1.807, 2.05) is 43.3 Å². The molecule has 1 aliphatic heterocycles. The molecule has 0 spiro atoms. The topological polar surface area (TPSA) is 47.9 Å². The quantitative estimate of drug-likeness (QED) is 0.454. The Morgan fingerprint density at radius 1 is 1.03 bits per heavy atom. The number of benzene rings is 3. The largest absolute Gasteiger partial charge is 0.489 e. The van der Waals surface area contributed by atoms with Gasteiger partial charge in [0, 0.05) is 5.56 Å². The lowest BCUT2D eigenvalue weighted by atomic mass is 10.1. The summed E-state index contributed by atoms with van der Waals surface area (Å²) in [4.78, 5) is 16.4. The van der Waals surface area contributed by atoms with E-state index in [9.17, 15) is 9.18 Å². The molecule has 0 aliphatic carbocycles. The van der Waals surface area contributed by atoms with Gasteiger partial charge in [-0.1, -0.05) is 42.0 Å². The molecule has 3 aromatic carbocycles. The summed E-state index contributed by atoms with van der Waals surface area (Å²) in [5.41, 5.74) is 3.67. The second-order valence-corrected chi connectivity index (χ2v) is 6.69. The minimum atomic E-state index is -0.480. The molecule has 29 heavy (non-hydrogen) atoms. The first-order valence-corrected chi connectivity index (χ1v) is 9.14. The standard InChI is InChI=1S/C24H18FNO3/c1-16-5-9-19(10-6-16)23-26-22(24(27)29-23)14-17-7-11-21(12-8-17)28-15-18-3-2-4-20(25)13-18/h2-14H,15H2,1H3/b22-14-. The van der Waals surface area contributed by atoms with Crippen molar-refractivity contribution in [2.75, 3.05) is 0 Å². The Morgan fingerprint density at radius 2 is 1.79 bits per heavy atom. The van der Waals surface area contributed by atoms with Gasteiger partial charge in [0.1, 0.15) is 18.2 Å². The SMILES string of the molecule is Cc1ccc(C2=N/C(=C\c3ccc(OCc4cccc(F)c4)cc3)C(=O)O2)cc1. The number of carbonyl (C=O) groups is 1. The van der Waals surface area contributed by atoms with Crippen LogP contribution in [0.25, 0.3) is 6.08 Å². The lowest BCUT2D eigenvalue weighted by Gasteiger charge is -2.06. The van der Waals surface area contributed by atoms with Crippen LogP contribution in [0.15, 0.2) is 83.5 Å². The van der Waals surface area contributed by atoms with E-state index in [1.54, 1.807) is 30.3 Å². The highest BCUT2D eigenvalue weighted by Crippen LogP contribution is 2.21. The highest BCUT2D eigenvalue weighted by molar-refractivity contribution is 6.12. The number of hydrogen-bond acceptors (Lipinski definition) is 4. The molecule has 3 aromatic rings. The lowest BCUT2D eigenvalue weighted by Crippen LogP contribution is -2.05. The van der Waals surface area contributed by atoms with Gasteiger partial charge in [-0.15, -0.1) is 0 Å². The molecule has 144 valence electrons. The van der Waals surface area contributed by atoms with E-state index < -0.39 is 5.97 Å². The summed E-state index contributed by atoms with van der Waals surface area (Å²) in [6.45, 7) is 2.26. The maximum absolute atomic E-state index is 13.2. The summed E-state index contributed by atoms with van der Waals surface area (Å²) < 4.78 is 24.2. The molecule has 0 radical (unpaired) electrons. The van der Waals surface area contributed by atoms with Crippen LogP contribution in [-0.4, -0.2) is 11.9 Å². The predicted octanol–water partition coefficient (Wildman–Crippen LogP) is 5.06. The number of carbonyl (C=O) groups excluding carboxylic acids is 1. The first kappa shape index (κ1) is 18.6. The van der Waals surface area contributed by atoms with Gasteiger partial charge in [0.2, 0.25) is 5.90 Å². The van der Waals surface area contributed by atoms with Crippen molar-refractivity contribution in [2.24, 2.45) is 4.99 Å². The van der Waals surface area contributed by atoms with Crippen molar-refractivity contribution < 1.29 is 18.7 Å². The average molecular weight is 387 g/mol. The summed E-state index contributed by atoms with van der Waals surface area (Å²) in [5.74, 6) is 0.180. The molecule has 0 saturated carbocycles. The van der Waals surface area contributed by atoms with Crippen molar-refractivity contribution in [1.29, 1.82) is 0 Å². The van der Waals surface area contributed by atoms with Crippen molar-refractivity contribution in [2.45, 2.75) is 13.5 Å². The number of aliphatic imine (C=N–C) groups is 1. The zero-order chi connectivity index (χ0) is 20.2. The molecule has 0 saturated heterocycles. The van der Waals surface area contributed by atoms with Crippen LogP contribution in [0.4, 0.5) is 4.39 Å². The lowest BCUT2D eigenvalue weighted by molar-refractivity contribution is -0.129. The van der Waals surface area contributed by atoms with Crippen LogP contribution in [0.5, 0.6) is 5.75 Å². The Hall–Kier alpha value is -3.73. The third-order valence-corrected chi connectivity index (χ3v) is 4.40. The number of esters is 1. The van der Waals surface area contributed by atoms with Gasteiger partial charge in [-0.3, -0.25) is 0 Å². The van der Waals surface area contributed by atoms with Crippen molar-refractivity contribution in [1.82, 2.24) is 0 Å². The summed E-state index contributed by atoms with van der Waals surface area (Å²) in [5, 5.41) is 0. The molecule has 0 bridgehead atoms. The van der Waals surface area contributed by atoms with E-state index in [-0.39, 0.29) is 18.1 Å². The van der Waals surface area contributed by atoms with Crippen LogP contribution >= 0.6 is 0 Å². The van der Waals surface area contributed by atoms with Crippen LogP contribution in [0.3, 0.4) is 0 Å². The molecule has 0 N–H and O–H groups in total. The maximum atomic E-state index is 13.2. The third kappa shape index (κ3) is 4.58. The van der Waals surface area contributed by atoms with Crippen molar-refractivity contribution in [3.05, 3.63) is 107 Å². The van der Waals surface area contributed by atoms with Crippen LogP contribution in [0.2, 0.25) is 0 Å². The number of aryl methyl sites for hydroxylation is 1. The number of ether oxygens (including phenoxy) is 2. The molecule has 0 unspecified atom stereocenters. The number of rotatable bonds is 5. The molecule has 4 rings (SSSR count). The van der Waals surface area contributed by atoms with Gasteiger partial charge in [-0.25, -0.2) is 14.2 Å². The van der Waals surface area contributed by atoms with Crippen LogP contribution in [0, 0.1) is 12.7 Å². The van der Waals surface area contributed by atoms with E-state index in [4.69, 9.17) is 9.47 Å². The molecule has 5 heteroatoms. The maximum Gasteiger partial charge on any atom is 0.363 e. The van der Waals surface area contributed by atoms with Crippen molar-refractivity contribution >= 4 is 17.9 Å². The molecule has 4 nitrogen and oxygen atoms in total. The minimum Gasteiger partial charge on any atom is -0.489 e. The van der Waals surface area contributed by atoms with E-state index in [1.165, 1.54) is 12.1 Å². The number of nitrogens with zero attached hydrogens (tertiary/aromatic N) is 1. The van der Waals surface area contributed by atoms with Gasteiger partial charge in [-0.05, 0) is 60.5 Å². The molecule has 0 amide bonds. The molecular weight excluding hydrogens is 369 g/mol. The predicted molar refractivity (Wildman–Crippen MR) is 109 cm³/mol. The van der Waals surface area contributed by atoms with Gasteiger partial charge in [-0.2, -0.15) is 0 Å². The Bertz CT molecular complexity index is 1100. The van der Waals surface area contributed by atoms with Gasteiger partial charge in [0.25, 0.3) is 0 Å². The Morgan fingerprint density at radius 3 is 2.52 bits per heavy atom. The fourth-order valence-electron chi connectivity index (χ4n) is 2.84. The molecule has 1 heterocycles. The van der Waals surface area contributed by atoms with E-state index >= 15 is 0 Å². The van der Waals surface area contributed by atoms with Crippen LogP contribution in [-0.2, 0) is 16.1 Å². The second-order valence-electron chi connectivity index (χ2n) is 6.69. The van der Waals surface area contributed by atoms with Crippen LogP contribution in [0.1, 0.15) is 22.3 Å². The van der Waals surface area contributed by atoms with Crippen LogP contribution < -0.4 is 4.74 Å². The zero-order valence-corrected chi connectivity index (χ0v) is 15.8. The Kier molecular flexibility index (Phi) is 5.20. The van der Waals surface area contributed by atoms with Crippen molar-refractivity contribution in [3.63, 3.8) is 0 Å². The molecule has 0 fully saturated rings. The summed E-state index contributed by atoms with van der Waals surface area (Å²) >= 11 is 0. The zero-order valence-electron chi connectivity index (χ0n) is 15.8. The van der Waals surface area contributed by atoms with E-state index in [0.717, 1.165) is 22.3 Å². The Labute approximate surface area is 167 Å². The summed E-state index contributed by atoms with van der Waals surface area (Å²) in [6, 6.07) is 21.1. The summed E-state index contributed by atoms with van der Waals surface area (Å²) in [7, 11) is 0. The molecular formula is C24H18FNO3. The van der Waals surface area contributed by atoms with Gasteiger partial charge in [0.05, 0.1) is 0 Å². The Balaban J connectivity index is 1.45. The average Bonchev–Trinajstić information content (AvgIpc) is 3.08. The molecule has 0 atom stereocenters. The van der Waals surface area contributed by atoms with Gasteiger partial charge >= 0.3 is 5.97 Å². The number of halogens is 1. The van der Waals surface area contributed by atoms with Gasteiger partial charge in [0.15, 0.2) is 5.70 Å². The molecule has 0 aromatic heterocycles. The minimum absolute atomic E-state index is 0.244. The third-order valence-electron chi connectivity index (χ3n) is 4.40. The first-order chi connectivity index (χ1) is 14.1. The smallest absolute Gasteiger partial charge is 0.363 e. The van der Waals surface area contributed by atoms with Crippen molar-refractivity contribution in [3.8, 4) is 5.75 Å². The summed E-state index contributed by atoms with van der Waals surface area (Å²) in [6.07, 6.45) is 1.67. The number of cyclic esters (lactones) is 1. The fraction of sp³-hybridized carbons (Fsp3) is 0.0833. The van der Waals surface area contributed by atoms with Gasteiger partial charge < -0.3 is 9.47 Å². The second kappa shape index (κ2) is 8.10. The monoisotopic (exact) mass is 387 g/mol.